The van der Waals surface area contributed by atoms with Crippen molar-refractivity contribution in [2.24, 2.45) is 0 Å². The summed E-state index contributed by atoms with van der Waals surface area (Å²) in [5.74, 6) is 0. The van der Waals surface area contributed by atoms with Gasteiger partial charge >= 0.3 is 0 Å². The van der Waals surface area contributed by atoms with Crippen molar-refractivity contribution in [2.45, 2.75) is 19.4 Å². The van der Waals surface area contributed by atoms with Crippen LogP contribution in [0.3, 0.4) is 0 Å². The molecule has 1 aromatic carbocycles. The summed E-state index contributed by atoms with van der Waals surface area (Å²) >= 11 is 5.83. The summed E-state index contributed by atoms with van der Waals surface area (Å²) in [6.07, 6.45) is 0. The molecule has 3 nitrogen and oxygen atoms in total. The van der Waals surface area contributed by atoms with Crippen molar-refractivity contribution in [3.63, 3.8) is 0 Å². The highest BCUT2D eigenvalue weighted by molar-refractivity contribution is 6.31. The molecule has 0 saturated heterocycles. The zero-order valence-electron chi connectivity index (χ0n) is 8.34. The van der Waals surface area contributed by atoms with Crippen molar-refractivity contribution in [3.8, 4) is 0 Å². The highest BCUT2D eigenvalue weighted by Gasteiger charge is 2.16. The molecule has 4 N–H and O–H groups in total. The number of hydrogen-bond donors (Lipinski definition) is 3. The Morgan fingerprint density at radius 1 is 1.50 bits per heavy atom. The summed E-state index contributed by atoms with van der Waals surface area (Å²) in [5.41, 5.74) is 6.71. The van der Waals surface area contributed by atoms with Gasteiger partial charge in [-0.1, -0.05) is 11.6 Å². The van der Waals surface area contributed by atoms with Crippen LogP contribution in [0, 0.1) is 0 Å². The van der Waals surface area contributed by atoms with E-state index in [-0.39, 0.29) is 6.61 Å². The van der Waals surface area contributed by atoms with Crippen LogP contribution >= 0.6 is 11.6 Å². The number of hydrogen-bond acceptors (Lipinski definition) is 3. The minimum absolute atomic E-state index is 0.0267. The molecule has 0 fully saturated rings. The Morgan fingerprint density at radius 2 is 2.14 bits per heavy atom. The summed E-state index contributed by atoms with van der Waals surface area (Å²) in [5, 5.41) is 12.8. The number of nitrogen functional groups attached to an aromatic ring is 1. The maximum atomic E-state index is 9.08. The first-order chi connectivity index (χ1) is 6.44. The van der Waals surface area contributed by atoms with Gasteiger partial charge < -0.3 is 16.2 Å². The van der Waals surface area contributed by atoms with Crippen molar-refractivity contribution < 1.29 is 5.11 Å². The second-order valence-corrected chi connectivity index (χ2v) is 4.34. The van der Waals surface area contributed by atoms with Gasteiger partial charge in [-0.25, -0.2) is 0 Å². The molecule has 0 atom stereocenters. The molecule has 0 heterocycles. The molecule has 0 aliphatic heterocycles. The van der Waals surface area contributed by atoms with Gasteiger partial charge in [-0.3, -0.25) is 0 Å². The second kappa shape index (κ2) is 4.07. The molecule has 78 valence electrons. The lowest BCUT2D eigenvalue weighted by molar-refractivity contribution is 0.234. The van der Waals surface area contributed by atoms with Gasteiger partial charge in [0, 0.05) is 5.02 Å². The van der Waals surface area contributed by atoms with Crippen LogP contribution in [0.25, 0.3) is 0 Å². The van der Waals surface area contributed by atoms with Gasteiger partial charge in [0.2, 0.25) is 0 Å². The number of benzene rings is 1. The van der Waals surface area contributed by atoms with Gasteiger partial charge in [0.05, 0.1) is 23.5 Å². The Bertz CT molecular complexity index is 326. The van der Waals surface area contributed by atoms with Crippen LogP contribution in [-0.2, 0) is 0 Å². The normalized spacial score (nSPS) is 11.4. The third-order valence-corrected chi connectivity index (χ3v) is 2.12. The molecule has 0 radical (unpaired) electrons. The smallest absolute Gasteiger partial charge is 0.0656 e. The Labute approximate surface area is 88.9 Å². The Balaban J connectivity index is 2.91. The van der Waals surface area contributed by atoms with E-state index < -0.39 is 5.54 Å². The van der Waals surface area contributed by atoms with Crippen LogP contribution in [0.15, 0.2) is 18.2 Å². The number of nitrogens with two attached hydrogens (primary N) is 1. The Hall–Kier alpha value is -0.930. The average Bonchev–Trinajstić information content (AvgIpc) is 2.11. The largest absolute Gasteiger partial charge is 0.397 e. The monoisotopic (exact) mass is 214 g/mol. The number of halogens is 1. The molecule has 0 amide bonds. The third-order valence-electron chi connectivity index (χ3n) is 1.88. The standard InChI is InChI=1S/C10H15ClN2O/c1-10(2,6-14)13-9-5-7(11)3-4-8(9)12/h3-5,13-14H,6,12H2,1-2H3. The summed E-state index contributed by atoms with van der Waals surface area (Å²) in [6.45, 7) is 3.79. The summed E-state index contributed by atoms with van der Waals surface area (Å²) in [4.78, 5) is 0. The van der Waals surface area contributed by atoms with E-state index in [2.05, 4.69) is 5.32 Å². The van der Waals surface area contributed by atoms with Crippen molar-refractivity contribution in [1.29, 1.82) is 0 Å². The summed E-state index contributed by atoms with van der Waals surface area (Å²) < 4.78 is 0. The summed E-state index contributed by atoms with van der Waals surface area (Å²) in [7, 11) is 0. The first kappa shape index (κ1) is 11.1. The molecule has 1 aromatic rings. The van der Waals surface area contributed by atoms with E-state index >= 15 is 0 Å². The van der Waals surface area contributed by atoms with Gasteiger partial charge in [0.25, 0.3) is 0 Å². The molecule has 14 heavy (non-hydrogen) atoms. The van der Waals surface area contributed by atoms with Gasteiger partial charge in [-0.05, 0) is 32.0 Å². The van der Waals surface area contributed by atoms with Crippen LogP contribution in [0.1, 0.15) is 13.8 Å². The topological polar surface area (TPSA) is 58.3 Å². The Kier molecular flexibility index (Phi) is 3.24. The average molecular weight is 215 g/mol. The van der Waals surface area contributed by atoms with Crippen molar-refractivity contribution >= 4 is 23.0 Å². The van der Waals surface area contributed by atoms with Gasteiger partial charge in [0.1, 0.15) is 0 Å². The first-order valence-corrected chi connectivity index (χ1v) is 4.76. The fourth-order valence-electron chi connectivity index (χ4n) is 1.04. The second-order valence-electron chi connectivity index (χ2n) is 3.90. The lowest BCUT2D eigenvalue weighted by Gasteiger charge is -2.25. The predicted octanol–water partition coefficient (Wildman–Crippen LogP) is 2.10. The lowest BCUT2D eigenvalue weighted by Crippen LogP contribution is -2.35. The van der Waals surface area contributed by atoms with E-state index in [9.17, 15) is 0 Å². The molecule has 0 saturated carbocycles. The summed E-state index contributed by atoms with van der Waals surface area (Å²) in [6, 6.07) is 5.21. The fourth-order valence-corrected chi connectivity index (χ4v) is 1.21. The third kappa shape index (κ3) is 2.79. The van der Waals surface area contributed by atoms with E-state index in [1.165, 1.54) is 0 Å². The molecule has 0 unspecified atom stereocenters. The zero-order valence-corrected chi connectivity index (χ0v) is 9.10. The van der Waals surface area contributed by atoms with E-state index in [4.69, 9.17) is 22.4 Å². The molecule has 1 rings (SSSR count). The molecule has 4 heteroatoms. The van der Waals surface area contributed by atoms with Gasteiger partial charge in [-0.2, -0.15) is 0 Å². The molecular weight excluding hydrogens is 200 g/mol. The van der Waals surface area contributed by atoms with Crippen molar-refractivity contribution in [3.05, 3.63) is 23.2 Å². The molecule has 0 aromatic heterocycles. The number of aliphatic hydroxyl groups excluding tert-OH is 1. The maximum Gasteiger partial charge on any atom is 0.0656 e. The fraction of sp³-hybridized carbons (Fsp3) is 0.400. The zero-order chi connectivity index (χ0) is 10.8. The lowest BCUT2D eigenvalue weighted by atomic mass is 10.1. The minimum atomic E-state index is -0.404. The quantitative estimate of drug-likeness (QED) is 0.676. The van der Waals surface area contributed by atoms with Crippen molar-refractivity contribution in [2.75, 3.05) is 17.7 Å². The molecular formula is C10H15ClN2O. The molecule has 0 aliphatic carbocycles. The first-order valence-electron chi connectivity index (χ1n) is 4.39. The number of nitrogens with one attached hydrogen (secondary N) is 1. The van der Waals surface area contributed by atoms with Crippen LogP contribution in [0.5, 0.6) is 0 Å². The number of anilines is 2. The van der Waals surface area contributed by atoms with Gasteiger partial charge in [0.15, 0.2) is 0 Å². The van der Waals surface area contributed by atoms with Crippen LogP contribution in [0.4, 0.5) is 11.4 Å². The van der Waals surface area contributed by atoms with Crippen LogP contribution in [-0.4, -0.2) is 17.3 Å². The Morgan fingerprint density at radius 3 is 2.71 bits per heavy atom. The molecule has 0 spiro atoms. The highest BCUT2D eigenvalue weighted by atomic mass is 35.5. The molecule has 0 aliphatic rings. The number of rotatable bonds is 3. The number of aliphatic hydroxyl groups is 1. The van der Waals surface area contributed by atoms with E-state index in [0.29, 0.717) is 10.7 Å². The maximum absolute atomic E-state index is 9.08. The van der Waals surface area contributed by atoms with E-state index in [1.807, 2.05) is 13.8 Å². The predicted molar refractivity (Wildman–Crippen MR) is 60.7 cm³/mol. The van der Waals surface area contributed by atoms with Crippen LogP contribution < -0.4 is 11.1 Å². The van der Waals surface area contributed by atoms with E-state index in [0.717, 1.165) is 5.69 Å². The van der Waals surface area contributed by atoms with Crippen molar-refractivity contribution in [1.82, 2.24) is 0 Å². The van der Waals surface area contributed by atoms with E-state index in [1.54, 1.807) is 18.2 Å². The van der Waals surface area contributed by atoms with Crippen LogP contribution in [0.2, 0.25) is 5.02 Å². The SMILES string of the molecule is CC(C)(CO)Nc1cc(Cl)ccc1N. The van der Waals surface area contributed by atoms with Gasteiger partial charge in [-0.15, -0.1) is 0 Å². The minimum Gasteiger partial charge on any atom is -0.397 e. The highest BCUT2D eigenvalue weighted by Crippen LogP contribution is 2.25. The molecule has 0 bridgehead atoms.